The second-order valence-electron chi connectivity index (χ2n) is 8.06. The number of carbonyl (C=O) groups is 1. The summed E-state index contributed by atoms with van der Waals surface area (Å²) < 4.78 is 7.33. The molecule has 3 aromatic heterocycles. The molecule has 1 fully saturated rings. The molecule has 1 aliphatic rings. The van der Waals surface area contributed by atoms with E-state index in [1.165, 1.54) is 4.90 Å². The van der Waals surface area contributed by atoms with Crippen molar-refractivity contribution in [2.45, 2.75) is 26.3 Å². The average Bonchev–Trinajstić information content (AvgIpc) is 3.22. The Morgan fingerprint density at radius 3 is 2.88 bits per heavy atom. The highest BCUT2D eigenvalue weighted by atomic mass is 16.5. The number of rotatable bonds is 5. The zero-order chi connectivity index (χ0) is 22.8. The number of ether oxygens (including phenoxy) is 1. The summed E-state index contributed by atoms with van der Waals surface area (Å²) >= 11 is 0. The van der Waals surface area contributed by atoms with E-state index in [0.717, 1.165) is 29.9 Å². The van der Waals surface area contributed by atoms with Gasteiger partial charge in [0.05, 0.1) is 36.1 Å². The number of piperidine rings is 1. The Hall–Kier alpha value is -3.80. The largest absolute Gasteiger partial charge is 0.492 e. The van der Waals surface area contributed by atoms with Gasteiger partial charge in [-0.1, -0.05) is 6.92 Å². The van der Waals surface area contributed by atoms with Crippen molar-refractivity contribution >= 4 is 17.4 Å². The van der Waals surface area contributed by atoms with Crippen LogP contribution in [-0.2, 0) is 0 Å². The smallest absolute Gasteiger partial charge is 0.407 e. The first-order chi connectivity index (χ1) is 15.4. The van der Waals surface area contributed by atoms with Crippen molar-refractivity contribution in [3.63, 3.8) is 0 Å². The van der Waals surface area contributed by atoms with Crippen LogP contribution in [0.2, 0.25) is 0 Å². The fourth-order valence-electron chi connectivity index (χ4n) is 4.28. The Labute approximate surface area is 186 Å². The van der Waals surface area contributed by atoms with Crippen molar-refractivity contribution in [1.82, 2.24) is 19.5 Å². The van der Waals surface area contributed by atoms with Crippen LogP contribution in [0, 0.1) is 17.2 Å². The topological polar surface area (TPSA) is 107 Å². The van der Waals surface area contributed by atoms with Crippen LogP contribution in [0.15, 0.2) is 36.8 Å². The lowest BCUT2D eigenvalue weighted by Gasteiger charge is -2.41. The van der Waals surface area contributed by atoms with Crippen LogP contribution >= 0.6 is 0 Å². The molecule has 0 spiro atoms. The molecule has 0 unspecified atom stereocenters. The number of hydrogen-bond donors (Lipinski definition) is 1. The zero-order valence-corrected chi connectivity index (χ0v) is 18.4. The van der Waals surface area contributed by atoms with Gasteiger partial charge in [-0.25, -0.2) is 14.3 Å². The molecule has 0 aromatic carbocycles. The summed E-state index contributed by atoms with van der Waals surface area (Å²) in [6.07, 6.45) is 5.06. The van der Waals surface area contributed by atoms with Gasteiger partial charge < -0.3 is 19.6 Å². The van der Waals surface area contributed by atoms with E-state index in [-0.39, 0.29) is 12.0 Å². The van der Waals surface area contributed by atoms with Gasteiger partial charge in [0, 0.05) is 37.5 Å². The molecule has 4 rings (SSSR count). The molecule has 166 valence electrons. The molecular weight excluding hydrogens is 408 g/mol. The number of nitriles is 1. The maximum atomic E-state index is 11.5. The third kappa shape index (κ3) is 3.91. The molecule has 1 saturated heterocycles. The van der Waals surface area contributed by atoms with Crippen molar-refractivity contribution in [1.29, 1.82) is 5.26 Å². The van der Waals surface area contributed by atoms with Crippen molar-refractivity contribution in [2.75, 3.05) is 31.6 Å². The molecule has 9 nitrogen and oxygen atoms in total. The second kappa shape index (κ2) is 8.75. The molecule has 0 saturated carbocycles. The number of pyridine rings is 2. The van der Waals surface area contributed by atoms with E-state index >= 15 is 0 Å². The number of carboxylic acid groups (broad SMARTS) is 1. The van der Waals surface area contributed by atoms with Gasteiger partial charge in [0.1, 0.15) is 17.6 Å². The summed E-state index contributed by atoms with van der Waals surface area (Å²) in [5.74, 6) is 1.75. The van der Waals surface area contributed by atoms with Crippen LogP contribution in [0.5, 0.6) is 5.75 Å². The van der Waals surface area contributed by atoms with Crippen LogP contribution in [-0.4, -0.2) is 63.5 Å². The summed E-state index contributed by atoms with van der Waals surface area (Å²) in [4.78, 5) is 19.6. The average molecular weight is 435 g/mol. The van der Waals surface area contributed by atoms with Crippen molar-refractivity contribution in [3.8, 4) is 22.9 Å². The molecule has 32 heavy (non-hydrogen) atoms. The maximum absolute atomic E-state index is 11.5. The van der Waals surface area contributed by atoms with E-state index in [2.05, 4.69) is 28.0 Å². The van der Waals surface area contributed by atoms with E-state index in [9.17, 15) is 15.2 Å². The van der Waals surface area contributed by atoms with E-state index in [1.807, 2.05) is 25.1 Å². The molecular formula is C23H26N6O3. The lowest BCUT2D eigenvalue weighted by atomic mass is 9.92. The Morgan fingerprint density at radius 1 is 1.41 bits per heavy atom. The van der Waals surface area contributed by atoms with Gasteiger partial charge in [-0.15, -0.1) is 0 Å². The Balaban J connectivity index is 1.66. The van der Waals surface area contributed by atoms with Gasteiger partial charge in [0.25, 0.3) is 0 Å². The van der Waals surface area contributed by atoms with Gasteiger partial charge in [-0.05, 0) is 37.5 Å². The third-order valence-electron chi connectivity index (χ3n) is 6.12. The monoisotopic (exact) mass is 434 g/mol. The van der Waals surface area contributed by atoms with E-state index in [0.29, 0.717) is 30.0 Å². The maximum Gasteiger partial charge on any atom is 0.407 e. The second-order valence-corrected chi connectivity index (χ2v) is 8.06. The highest BCUT2D eigenvalue weighted by Crippen LogP contribution is 2.32. The minimum atomic E-state index is -0.917. The molecule has 4 heterocycles. The normalized spacial score (nSPS) is 18.4. The first-order valence-electron chi connectivity index (χ1n) is 10.6. The number of aromatic nitrogens is 3. The van der Waals surface area contributed by atoms with Crippen LogP contribution < -0.4 is 9.64 Å². The first kappa shape index (κ1) is 21.4. The Bertz CT molecular complexity index is 1170. The summed E-state index contributed by atoms with van der Waals surface area (Å²) in [5.41, 5.74) is 2.86. The summed E-state index contributed by atoms with van der Waals surface area (Å²) in [5, 5.41) is 23.2. The quantitative estimate of drug-likeness (QED) is 0.655. The SMILES string of the molecule is CCOc1cc(-c2ccc(N3CC[C@H](C)[C@H](N(C)C(=O)O)C3)nc2)c2c(C#N)cnn2c1. The van der Waals surface area contributed by atoms with Gasteiger partial charge in [-0.3, -0.25) is 0 Å². The number of nitrogens with zero attached hydrogens (tertiary/aromatic N) is 6. The molecule has 1 aliphatic heterocycles. The van der Waals surface area contributed by atoms with Gasteiger partial charge in [0.2, 0.25) is 0 Å². The summed E-state index contributed by atoms with van der Waals surface area (Å²) in [6.45, 7) is 5.95. The molecule has 0 aliphatic carbocycles. The number of fused-ring (bicyclic) bond motifs is 1. The highest BCUT2D eigenvalue weighted by molar-refractivity contribution is 5.85. The van der Waals surface area contributed by atoms with Gasteiger partial charge in [0.15, 0.2) is 0 Å². The number of anilines is 1. The Morgan fingerprint density at radius 2 is 2.22 bits per heavy atom. The number of likely N-dealkylation sites (N-methyl/N-ethyl adjacent to an activating group) is 1. The highest BCUT2D eigenvalue weighted by Gasteiger charge is 2.32. The van der Waals surface area contributed by atoms with Crippen LogP contribution in [0.4, 0.5) is 10.6 Å². The van der Waals surface area contributed by atoms with E-state index in [4.69, 9.17) is 4.74 Å². The third-order valence-corrected chi connectivity index (χ3v) is 6.12. The van der Waals surface area contributed by atoms with Crippen LogP contribution in [0.1, 0.15) is 25.8 Å². The number of hydrogen-bond acceptors (Lipinski definition) is 6. The van der Waals surface area contributed by atoms with Gasteiger partial charge in [-0.2, -0.15) is 10.4 Å². The van der Waals surface area contributed by atoms with Crippen LogP contribution in [0.3, 0.4) is 0 Å². The molecule has 0 radical (unpaired) electrons. The molecule has 0 bridgehead atoms. The van der Waals surface area contributed by atoms with Crippen LogP contribution in [0.25, 0.3) is 16.6 Å². The molecule has 9 heteroatoms. The lowest BCUT2D eigenvalue weighted by Crippen LogP contribution is -2.52. The number of amides is 1. The fraction of sp³-hybridized carbons (Fsp3) is 0.391. The summed E-state index contributed by atoms with van der Waals surface area (Å²) in [7, 11) is 1.62. The molecule has 2 atom stereocenters. The minimum absolute atomic E-state index is 0.0878. The standard InChI is InChI=1S/C23H26N6O3/c1-4-32-18-9-19(22-17(10-24)12-26-29(22)13-18)16-5-6-21(25-11-16)28-8-7-15(2)20(14-28)27(3)23(30)31/h5-6,9,11-13,15,20H,4,7-8,14H2,1-3H3,(H,30,31)/t15-,20+/m0/s1. The van der Waals surface area contributed by atoms with Crippen molar-refractivity contribution in [2.24, 2.45) is 5.92 Å². The predicted molar refractivity (Wildman–Crippen MR) is 120 cm³/mol. The Kier molecular flexibility index (Phi) is 5.86. The minimum Gasteiger partial charge on any atom is -0.492 e. The predicted octanol–water partition coefficient (Wildman–Crippen LogP) is 3.49. The summed E-state index contributed by atoms with van der Waals surface area (Å²) in [6, 6.07) is 7.92. The zero-order valence-electron chi connectivity index (χ0n) is 18.4. The van der Waals surface area contributed by atoms with Crippen molar-refractivity contribution in [3.05, 3.63) is 42.4 Å². The van der Waals surface area contributed by atoms with Crippen molar-refractivity contribution < 1.29 is 14.6 Å². The molecule has 3 aromatic rings. The lowest BCUT2D eigenvalue weighted by molar-refractivity contribution is 0.117. The van der Waals surface area contributed by atoms with E-state index < -0.39 is 6.09 Å². The molecule has 1 amide bonds. The fourth-order valence-corrected chi connectivity index (χ4v) is 4.28. The van der Waals surface area contributed by atoms with E-state index in [1.54, 1.807) is 30.2 Å². The first-order valence-corrected chi connectivity index (χ1v) is 10.6. The molecule has 1 N–H and O–H groups in total. The van der Waals surface area contributed by atoms with Gasteiger partial charge >= 0.3 is 6.09 Å².